The fourth-order valence-electron chi connectivity index (χ4n) is 1.74. The zero-order valence-corrected chi connectivity index (χ0v) is 8.83. The van der Waals surface area contributed by atoms with Gasteiger partial charge in [0.05, 0.1) is 5.52 Å². The molecule has 3 nitrogen and oxygen atoms in total. The molecule has 0 fully saturated rings. The molecule has 0 unspecified atom stereocenters. The van der Waals surface area contributed by atoms with Crippen molar-refractivity contribution in [3.63, 3.8) is 0 Å². The number of hydrogen-bond donors (Lipinski definition) is 2. The molecule has 1 aromatic heterocycles. The second kappa shape index (κ2) is 3.35. The van der Waals surface area contributed by atoms with E-state index in [0.717, 1.165) is 22.0 Å². The molecule has 2 rings (SSSR count). The lowest BCUT2D eigenvalue weighted by Crippen LogP contribution is -2.12. The molecule has 2 aromatic rings. The van der Waals surface area contributed by atoms with Crippen molar-refractivity contribution in [2.24, 2.45) is 5.73 Å². The Morgan fingerprint density at radius 2 is 2.07 bits per heavy atom. The second-order valence-corrected chi connectivity index (χ2v) is 3.75. The fourth-order valence-corrected chi connectivity index (χ4v) is 1.74. The standard InChI is InChI=1S/C12H13N3/c1-7-5-9-8(2)3-4-15-11(9)10(6-7)12(13)14/h3-6H,1-2H3,(H3,13,14). The largest absolute Gasteiger partial charge is 0.384 e. The first-order chi connectivity index (χ1) is 7.09. The first-order valence-corrected chi connectivity index (χ1v) is 4.80. The first-order valence-electron chi connectivity index (χ1n) is 4.80. The van der Waals surface area contributed by atoms with Crippen molar-refractivity contribution in [1.82, 2.24) is 4.98 Å². The Morgan fingerprint density at radius 3 is 2.73 bits per heavy atom. The molecule has 0 radical (unpaired) electrons. The van der Waals surface area contributed by atoms with Gasteiger partial charge in [0.25, 0.3) is 0 Å². The van der Waals surface area contributed by atoms with Gasteiger partial charge in [-0.1, -0.05) is 0 Å². The molecule has 3 heteroatoms. The first kappa shape index (κ1) is 9.65. The van der Waals surface area contributed by atoms with E-state index in [2.05, 4.69) is 11.1 Å². The van der Waals surface area contributed by atoms with Gasteiger partial charge in [-0.15, -0.1) is 0 Å². The van der Waals surface area contributed by atoms with E-state index < -0.39 is 0 Å². The van der Waals surface area contributed by atoms with Crippen LogP contribution < -0.4 is 5.73 Å². The quantitative estimate of drug-likeness (QED) is 0.546. The average molecular weight is 199 g/mol. The predicted octanol–water partition coefficient (Wildman–Crippen LogP) is 2.14. The molecule has 3 N–H and O–H groups in total. The third-order valence-electron chi connectivity index (χ3n) is 2.50. The van der Waals surface area contributed by atoms with E-state index in [-0.39, 0.29) is 5.84 Å². The zero-order chi connectivity index (χ0) is 11.0. The van der Waals surface area contributed by atoms with E-state index in [1.807, 2.05) is 26.0 Å². The molecule has 76 valence electrons. The molecule has 0 atom stereocenters. The molecule has 0 spiro atoms. The van der Waals surface area contributed by atoms with Crippen LogP contribution in [0.3, 0.4) is 0 Å². The van der Waals surface area contributed by atoms with Crippen molar-refractivity contribution < 1.29 is 0 Å². The number of pyridine rings is 1. The van der Waals surface area contributed by atoms with Crippen molar-refractivity contribution in [1.29, 1.82) is 5.41 Å². The van der Waals surface area contributed by atoms with Crippen molar-refractivity contribution in [3.8, 4) is 0 Å². The number of aromatic nitrogens is 1. The number of nitrogens with two attached hydrogens (primary N) is 1. The zero-order valence-electron chi connectivity index (χ0n) is 8.83. The maximum Gasteiger partial charge on any atom is 0.125 e. The summed E-state index contributed by atoms with van der Waals surface area (Å²) in [5.41, 5.74) is 9.33. The Labute approximate surface area is 88.5 Å². The van der Waals surface area contributed by atoms with Gasteiger partial charge in [0.2, 0.25) is 0 Å². The smallest absolute Gasteiger partial charge is 0.125 e. The van der Waals surface area contributed by atoms with E-state index in [0.29, 0.717) is 5.56 Å². The maximum absolute atomic E-state index is 7.52. The monoisotopic (exact) mass is 199 g/mol. The minimum absolute atomic E-state index is 0.0711. The van der Waals surface area contributed by atoms with E-state index in [4.69, 9.17) is 11.1 Å². The van der Waals surface area contributed by atoms with Crippen molar-refractivity contribution in [2.75, 3.05) is 0 Å². The van der Waals surface area contributed by atoms with Crippen molar-refractivity contribution in [2.45, 2.75) is 13.8 Å². The lowest BCUT2D eigenvalue weighted by Gasteiger charge is -2.07. The SMILES string of the molecule is Cc1cc(C(=N)N)c2nccc(C)c2c1. The number of amidine groups is 1. The van der Waals surface area contributed by atoms with Gasteiger partial charge >= 0.3 is 0 Å². The lowest BCUT2D eigenvalue weighted by atomic mass is 10.0. The molecular formula is C12H13N3. The summed E-state index contributed by atoms with van der Waals surface area (Å²) >= 11 is 0. The molecule has 0 saturated heterocycles. The number of nitrogens with one attached hydrogen (secondary N) is 1. The van der Waals surface area contributed by atoms with E-state index in [1.165, 1.54) is 0 Å². The highest BCUT2D eigenvalue weighted by molar-refractivity contribution is 6.06. The van der Waals surface area contributed by atoms with Crippen LogP contribution in [0.1, 0.15) is 16.7 Å². The number of hydrogen-bond acceptors (Lipinski definition) is 2. The van der Waals surface area contributed by atoms with Gasteiger partial charge in [-0.25, -0.2) is 0 Å². The fraction of sp³-hybridized carbons (Fsp3) is 0.167. The summed E-state index contributed by atoms with van der Waals surface area (Å²) in [6.45, 7) is 4.03. The third-order valence-corrected chi connectivity index (χ3v) is 2.50. The van der Waals surface area contributed by atoms with Crippen LogP contribution in [0.4, 0.5) is 0 Å². The summed E-state index contributed by atoms with van der Waals surface area (Å²) in [5.74, 6) is 0.0711. The normalized spacial score (nSPS) is 10.5. The van der Waals surface area contributed by atoms with Gasteiger partial charge in [0.15, 0.2) is 0 Å². The van der Waals surface area contributed by atoms with Crippen LogP contribution in [0.25, 0.3) is 10.9 Å². The molecule has 0 amide bonds. The Balaban J connectivity index is 2.92. The molecule has 0 aliphatic rings. The molecule has 15 heavy (non-hydrogen) atoms. The number of benzene rings is 1. The van der Waals surface area contributed by atoms with E-state index >= 15 is 0 Å². The van der Waals surface area contributed by atoms with Gasteiger partial charge in [-0.2, -0.15) is 0 Å². The highest BCUT2D eigenvalue weighted by atomic mass is 14.7. The lowest BCUT2D eigenvalue weighted by molar-refractivity contribution is 1.33. The van der Waals surface area contributed by atoms with Crippen molar-refractivity contribution >= 4 is 16.7 Å². The Hall–Kier alpha value is -1.90. The second-order valence-electron chi connectivity index (χ2n) is 3.75. The van der Waals surface area contributed by atoms with Gasteiger partial charge in [0, 0.05) is 17.1 Å². The van der Waals surface area contributed by atoms with Crippen LogP contribution in [-0.2, 0) is 0 Å². The molecular weight excluding hydrogens is 186 g/mol. The highest BCUT2D eigenvalue weighted by Crippen LogP contribution is 2.21. The van der Waals surface area contributed by atoms with Crippen LogP contribution >= 0.6 is 0 Å². The van der Waals surface area contributed by atoms with Gasteiger partial charge in [-0.05, 0) is 43.2 Å². The average Bonchev–Trinajstić information content (AvgIpc) is 2.18. The number of aryl methyl sites for hydroxylation is 2. The van der Waals surface area contributed by atoms with Gasteiger partial charge in [0.1, 0.15) is 5.84 Å². The Kier molecular flexibility index (Phi) is 2.15. The summed E-state index contributed by atoms with van der Waals surface area (Å²) in [6, 6.07) is 5.94. The van der Waals surface area contributed by atoms with Gasteiger partial charge in [-0.3, -0.25) is 10.4 Å². The topological polar surface area (TPSA) is 62.8 Å². The number of nitrogens with zero attached hydrogens (tertiary/aromatic N) is 1. The summed E-state index contributed by atoms with van der Waals surface area (Å²) in [7, 11) is 0. The van der Waals surface area contributed by atoms with Crippen LogP contribution in [-0.4, -0.2) is 10.8 Å². The van der Waals surface area contributed by atoms with Crippen molar-refractivity contribution in [3.05, 3.63) is 41.1 Å². The van der Waals surface area contributed by atoms with Crippen LogP contribution in [0.2, 0.25) is 0 Å². The summed E-state index contributed by atoms with van der Waals surface area (Å²) in [6.07, 6.45) is 1.75. The summed E-state index contributed by atoms with van der Waals surface area (Å²) < 4.78 is 0. The molecule has 0 bridgehead atoms. The van der Waals surface area contributed by atoms with Crippen LogP contribution in [0.15, 0.2) is 24.4 Å². The summed E-state index contributed by atoms with van der Waals surface area (Å²) in [4.78, 5) is 4.28. The predicted molar refractivity (Wildman–Crippen MR) is 62.2 cm³/mol. The van der Waals surface area contributed by atoms with Gasteiger partial charge < -0.3 is 5.73 Å². The minimum Gasteiger partial charge on any atom is -0.384 e. The highest BCUT2D eigenvalue weighted by Gasteiger charge is 2.07. The molecule has 0 aliphatic carbocycles. The number of nitrogen functional groups attached to an aromatic ring is 1. The molecule has 0 aliphatic heterocycles. The van der Waals surface area contributed by atoms with Crippen LogP contribution in [0.5, 0.6) is 0 Å². The minimum atomic E-state index is 0.0711. The van der Waals surface area contributed by atoms with Crippen LogP contribution in [0, 0.1) is 19.3 Å². The van der Waals surface area contributed by atoms with E-state index in [1.54, 1.807) is 6.20 Å². The van der Waals surface area contributed by atoms with E-state index in [9.17, 15) is 0 Å². The Bertz CT molecular complexity index is 544. The third kappa shape index (κ3) is 1.56. The molecule has 1 heterocycles. The number of rotatable bonds is 1. The molecule has 0 saturated carbocycles. The Morgan fingerprint density at radius 1 is 1.33 bits per heavy atom. The molecule has 1 aromatic carbocycles. The summed E-state index contributed by atoms with van der Waals surface area (Å²) in [5, 5.41) is 8.59. The maximum atomic E-state index is 7.52. The number of fused-ring (bicyclic) bond motifs is 1.